The Kier molecular flexibility index (Phi) is 5.44. The van der Waals surface area contributed by atoms with Crippen molar-refractivity contribution in [2.24, 2.45) is 0 Å². The van der Waals surface area contributed by atoms with Crippen LogP contribution in [0.1, 0.15) is 5.56 Å². The maximum absolute atomic E-state index is 12.5. The highest BCUT2D eigenvalue weighted by Gasteiger charge is 2.13. The molecule has 140 valence electrons. The largest absolute Gasteiger partial charge is 0.435 e. The van der Waals surface area contributed by atoms with Gasteiger partial charge in [0.15, 0.2) is 0 Å². The van der Waals surface area contributed by atoms with Gasteiger partial charge in [-0.05, 0) is 29.8 Å². The predicted octanol–water partition coefficient (Wildman–Crippen LogP) is 2.66. The van der Waals surface area contributed by atoms with E-state index in [-0.39, 0.29) is 30.3 Å². The van der Waals surface area contributed by atoms with Gasteiger partial charge in [0.25, 0.3) is 5.56 Å². The molecule has 27 heavy (non-hydrogen) atoms. The van der Waals surface area contributed by atoms with Crippen LogP contribution in [0.25, 0.3) is 11.0 Å². The first kappa shape index (κ1) is 18.5. The fraction of sp³-hybridized carbons (Fsp3) is 0.211. The number of hydrogen-bond acceptors (Lipinski definition) is 4. The molecule has 8 heteroatoms. The predicted molar refractivity (Wildman–Crippen MR) is 95.6 cm³/mol. The minimum atomic E-state index is -2.88. The van der Waals surface area contributed by atoms with Crippen LogP contribution < -0.4 is 10.3 Å². The smallest absolute Gasteiger partial charge is 0.387 e. The summed E-state index contributed by atoms with van der Waals surface area (Å²) in [4.78, 5) is 30.2. The first-order valence-corrected chi connectivity index (χ1v) is 8.16. The normalized spacial score (nSPS) is 11.0. The average molecular weight is 373 g/mol. The second-order valence-corrected chi connectivity index (χ2v) is 5.94. The van der Waals surface area contributed by atoms with Crippen molar-refractivity contribution in [1.29, 1.82) is 0 Å². The number of alkyl halides is 2. The number of carbonyl (C=O) groups excluding carboxylic acids is 1. The summed E-state index contributed by atoms with van der Waals surface area (Å²) in [5.41, 5.74) is 1.60. The molecule has 0 aliphatic carbocycles. The molecule has 0 radical (unpaired) electrons. The number of rotatable bonds is 6. The van der Waals surface area contributed by atoms with Crippen LogP contribution in [-0.2, 0) is 17.9 Å². The zero-order valence-electron chi connectivity index (χ0n) is 14.5. The quantitative estimate of drug-likeness (QED) is 0.666. The molecule has 0 N–H and O–H groups in total. The van der Waals surface area contributed by atoms with Crippen LogP contribution in [0.15, 0.2) is 59.5 Å². The molecule has 0 unspecified atom stereocenters. The number of nitrogens with zero attached hydrogens (tertiary/aromatic N) is 3. The molecule has 0 saturated heterocycles. The summed E-state index contributed by atoms with van der Waals surface area (Å²) < 4.78 is 30.0. The van der Waals surface area contributed by atoms with E-state index in [2.05, 4.69) is 9.72 Å². The number of hydrogen-bond donors (Lipinski definition) is 0. The Bertz CT molecular complexity index is 1000. The maximum atomic E-state index is 12.5. The lowest BCUT2D eigenvalue weighted by Gasteiger charge is -2.19. The van der Waals surface area contributed by atoms with Gasteiger partial charge >= 0.3 is 6.61 Å². The fourth-order valence-electron chi connectivity index (χ4n) is 2.67. The first-order valence-electron chi connectivity index (χ1n) is 8.16. The van der Waals surface area contributed by atoms with E-state index in [1.54, 1.807) is 43.4 Å². The van der Waals surface area contributed by atoms with Crippen LogP contribution in [0, 0.1) is 0 Å². The molecule has 1 aromatic heterocycles. The lowest BCUT2D eigenvalue weighted by Crippen LogP contribution is -2.33. The van der Waals surface area contributed by atoms with Gasteiger partial charge in [0.05, 0.1) is 17.2 Å². The molecule has 2 aromatic carbocycles. The molecule has 3 aromatic rings. The summed E-state index contributed by atoms with van der Waals surface area (Å²) in [6, 6.07) is 13.1. The van der Waals surface area contributed by atoms with Crippen molar-refractivity contribution in [2.45, 2.75) is 19.7 Å². The minimum absolute atomic E-state index is 0.0533. The van der Waals surface area contributed by atoms with Crippen LogP contribution in [0.5, 0.6) is 5.75 Å². The van der Waals surface area contributed by atoms with Crippen molar-refractivity contribution in [2.75, 3.05) is 7.05 Å². The van der Waals surface area contributed by atoms with Crippen molar-refractivity contribution in [3.8, 4) is 5.75 Å². The van der Waals surface area contributed by atoms with Gasteiger partial charge in [-0.2, -0.15) is 8.78 Å². The average Bonchev–Trinajstić information content (AvgIpc) is 2.65. The number of amides is 1. The highest BCUT2D eigenvalue weighted by molar-refractivity contribution is 5.79. The SMILES string of the molecule is CN(Cc1ccc(OC(F)F)cc1)C(=O)Cn1c(=O)cnc2ccccc21. The molecule has 0 bridgehead atoms. The molecule has 1 amide bonds. The molecule has 0 atom stereocenters. The summed E-state index contributed by atoms with van der Waals surface area (Å²) in [7, 11) is 1.61. The summed E-state index contributed by atoms with van der Waals surface area (Å²) >= 11 is 0. The molecule has 0 aliphatic heterocycles. The van der Waals surface area contributed by atoms with Crippen molar-refractivity contribution < 1.29 is 18.3 Å². The Morgan fingerprint density at radius 1 is 1.19 bits per heavy atom. The number of likely N-dealkylation sites (N-methyl/N-ethyl adjacent to an activating group) is 1. The number of para-hydroxylation sites is 2. The Hall–Kier alpha value is -3.29. The second kappa shape index (κ2) is 7.94. The van der Waals surface area contributed by atoms with E-state index < -0.39 is 6.61 Å². The van der Waals surface area contributed by atoms with E-state index in [4.69, 9.17) is 0 Å². The summed E-state index contributed by atoms with van der Waals surface area (Å²) in [5, 5.41) is 0. The topological polar surface area (TPSA) is 64.4 Å². The minimum Gasteiger partial charge on any atom is -0.435 e. The number of ether oxygens (including phenoxy) is 1. The Balaban J connectivity index is 1.71. The summed E-state index contributed by atoms with van der Waals surface area (Å²) in [5.74, 6) is -0.209. The number of aromatic nitrogens is 2. The van der Waals surface area contributed by atoms with Crippen LogP contribution in [-0.4, -0.2) is 34.0 Å². The van der Waals surface area contributed by atoms with Gasteiger partial charge in [-0.3, -0.25) is 14.2 Å². The van der Waals surface area contributed by atoms with E-state index in [1.807, 2.05) is 0 Å². The Morgan fingerprint density at radius 3 is 2.59 bits per heavy atom. The third kappa shape index (κ3) is 4.46. The van der Waals surface area contributed by atoms with Crippen molar-refractivity contribution in [3.05, 3.63) is 70.6 Å². The van der Waals surface area contributed by atoms with Gasteiger partial charge in [0.1, 0.15) is 12.3 Å². The Morgan fingerprint density at radius 2 is 1.89 bits per heavy atom. The molecular formula is C19H17F2N3O3. The van der Waals surface area contributed by atoms with Crippen LogP contribution in [0.2, 0.25) is 0 Å². The van der Waals surface area contributed by atoms with E-state index in [0.29, 0.717) is 11.0 Å². The highest BCUT2D eigenvalue weighted by Crippen LogP contribution is 2.16. The van der Waals surface area contributed by atoms with Gasteiger partial charge < -0.3 is 9.64 Å². The lowest BCUT2D eigenvalue weighted by atomic mass is 10.2. The third-order valence-corrected chi connectivity index (χ3v) is 4.04. The van der Waals surface area contributed by atoms with E-state index in [1.165, 1.54) is 27.8 Å². The van der Waals surface area contributed by atoms with E-state index >= 15 is 0 Å². The third-order valence-electron chi connectivity index (χ3n) is 4.04. The van der Waals surface area contributed by atoms with Gasteiger partial charge in [0.2, 0.25) is 5.91 Å². The number of carbonyl (C=O) groups is 1. The summed E-state index contributed by atoms with van der Waals surface area (Å²) in [6.07, 6.45) is 1.19. The molecule has 0 spiro atoms. The van der Waals surface area contributed by atoms with Crippen LogP contribution in [0.4, 0.5) is 8.78 Å². The van der Waals surface area contributed by atoms with Gasteiger partial charge in [0, 0.05) is 13.6 Å². The molecule has 0 saturated carbocycles. The molecule has 6 nitrogen and oxygen atoms in total. The van der Waals surface area contributed by atoms with E-state index in [0.717, 1.165) is 5.56 Å². The van der Waals surface area contributed by atoms with Crippen molar-refractivity contribution in [3.63, 3.8) is 0 Å². The molecule has 0 fully saturated rings. The first-order chi connectivity index (χ1) is 12.9. The number of fused-ring (bicyclic) bond motifs is 1. The number of benzene rings is 2. The lowest BCUT2D eigenvalue weighted by molar-refractivity contribution is -0.131. The van der Waals surface area contributed by atoms with Gasteiger partial charge in [-0.1, -0.05) is 24.3 Å². The zero-order chi connectivity index (χ0) is 19.4. The maximum Gasteiger partial charge on any atom is 0.387 e. The molecule has 0 aliphatic rings. The number of halogens is 2. The van der Waals surface area contributed by atoms with Gasteiger partial charge in [-0.25, -0.2) is 4.98 Å². The van der Waals surface area contributed by atoms with Crippen molar-refractivity contribution in [1.82, 2.24) is 14.5 Å². The molecular weight excluding hydrogens is 356 g/mol. The van der Waals surface area contributed by atoms with Crippen LogP contribution in [0.3, 0.4) is 0 Å². The monoisotopic (exact) mass is 373 g/mol. The van der Waals surface area contributed by atoms with E-state index in [9.17, 15) is 18.4 Å². The van der Waals surface area contributed by atoms with Gasteiger partial charge in [-0.15, -0.1) is 0 Å². The van der Waals surface area contributed by atoms with Crippen LogP contribution >= 0.6 is 0 Å². The van der Waals surface area contributed by atoms with Crippen molar-refractivity contribution >= 4 is 16.9 Å². The molecule has 3 rings (SSSR count). The highest BCUT2D eigenvalue weighted by atomic mass is 19.3. The standard InChI is InChI=1S/C19H17F2N3O3/c1-23(11-13-6-8-14(9-7-13)27-19(20)21)18(26)12-24-16-5-3-2-4-15(16)22-10-17(24)25/h2-10,19H,11-12H2,1H3. The fourth-order valence-corrected chi connectivity index (χ4v) is 2.67. The molecule has 1 heterocycles. The second-order valence-electron chi connectivity index (χ2n) is 5.94. The summed E-state index contributed by atoms with van der Waals surface area (Å²) in [6.45, 7) is -2.73. The Labute approximate surface area is 153 Å². The zero-order valence-corrected chi connectivity index (χ0v) is 14.5.